The standard InChI is InChI=1S/C12H8ClNO/c13-12-5-1-4-10(11(12)8-15)9-3-2-6-14-7-9/h1-8H. The number of nitrogens with zero attached hydrogens (tertiary/aromatic N) is 1. The summed E-state index contributed by atoms with van der Waals surface area (Å²) in [6.07, 6.45) is 4.16. The number of carbonyl (C=O) groups excluding carboxylic acids is 1. The quantitative estimate of drug-likeness (QED) is 0.723. The third-order valence-electron chi connectivity index (χ3n) is 2.14. The van der Waals surface area contributed by atoms with Crippen molar-refractivity contribution in [2.45, 2.75) is 0 Å². The van der Waals surface area contributed by atoms with Gasteiger partial charge in [0.15, 0.2) is 6.29 Å². The summed E-state index contributed by atoms with van der Waals surface area (Å²) in [4.78, 5) is 14.9. The van der Waals surface area contributed by atoms with Crippen LogP contribution in [0.2, 0.25) is 5.02 Å². The highest BCUT2D eigenvalue weighted by Crippen LogP contribution is 2.26. The maximum Gasteiger partial charge on any atom is 0.152 e. The fourth-order valence-corrected chi connectivity index (χ4v) is 1.65. The van der Waals surface area contributed by atoms with Crippen LogP contribution in [0.15, 0.2) is 42.7 Å². The van der Waals surface area contributed by atoms with E-state index in [0.717, 1.165) is 17.4 Å². The second-order valence-electron chi connectivity index (χ2n) is 3.06. The zero-order chi connectivity index (χ0) is 10.7. The van der Waals surface area contributed by atoms with Gasteiger partial charge in [-0.3, -0.25) is 9.78 Å². The molecule has 0 bridgehead atoms. The molecule has 1 heterocycles. The molecule has 0 aliphatic carbocycles. The minimum atomic E-state index is 0.464. The van der Waals surface area contributed by atoms with E-state index < -0.39 is 0 Å². The zero-order valence-electron chi connectivity index (χ0n) is 7.85. The van der Waals surface area contributed by atoms with Crippen LogP contribution in [0.1, 0.15) is 10.4 Å². The summed E-state index contributed by atoms with van der Waals surface area (Å²) >= 11 is 5.93. The summed E-state index contributed by atoms with van der Waals surface area (Å²) in [5.74, 6) is 0. The molecule has 1 aromatic carbocycles. The van der Waals surface area contributed by atoms with E-state index in [4.69, 9.17) is 11.6 Å². The number of benzene rings is 1. The largest absolute Gasteiger partial charge is 0.298 e. The fraction of sp³-hybridized carbons (Fsp3) is 0. The molecule has 0 spiro atoms. The van der Waals surface area contributed by atoms with Crippen molar-refractivity contribution < 1.29 is 4.79 Å². The molecule has 74 valence electrons. The predicted molar refractivity (Wildman–Crippen MR) is 60.1 cm³/mol. The highest BCUT2D eigenvalue weighted by Gasteiger charge is 2.07. The van der Waals surface area contributed by atoms with Gasteiger partial charge in [0.25, 0.3) is 0 Å². The van der Waals surface area contributed by atoms with Gasteiger partial charge in [-0.25, -0.2) is 0 Å². The van der Waals surface area contributed by atoms with Crippen LogP contribution in [0, 0.1) is 0 Å². The Hall–Kier alpha value is -1.67. The third kappa shape index (κ3) is 1.90. The molecule has 0 N–H and O–H groups in total. The lowest BCUT2D eigenvalue weighted by molar-refractivity contribution is 0.112. The highest BCUT2D eigenvalue weighted by molar-refractivity contribution is 6.33. The maximum absolute atomic E-state index is 10.9. The molecule has 0 aliphatic heterocycles. The first-order chi connectivity index (χ1) is 7.33. The first kappa shape index (κ1) is 9.87. The van der Waals surface area contributed by atoms with Gasteiger partial charge in [-0.05, 0) is 17.7 Å². The summed E-state index contributed by atoms with van der Waals surface area (Å²) in [5.41, 5.74) is 2.21. The van der Waals surface area contributed by atoms with Crippen LogP contribution in [0.3, 0.4) is 0 Å². The Labute approximate surface area is 92.5 Å². The summed E-state index contributed by atoms with van der Waals surface area (Å²) < 4.78 is 0. The molecule has 3 heteroatoms. The molecular weight excluding hydrogens is 210 g/mol. The normalized spacial score (nSPS) is 9.93. The van der Waals surface area contributed by atoms with Crippen LogP contribution in [0.5, 0.6) is 0 Å². The summed E-state index contributed by atoms with van der Waals surface area (Å²) in [6.45, 7) is 0. The van der Waals surface area contributed by atoms with Gasteiger partial charge in [0, 0.05) is 23.5 Å². The number of carbonyl (C=O) groups is 1. The third-order valence-corrected chi connectivity index (χ3v) is 2.47. The smallest absolute Gasteiger partial charge is 0.152 e. The molecule has 0 amide bonds. The van der Waals surface area contributed by atoms with E-state index in [-0.39, 0.29) is 0 Å². The maximum atomic E-state index is 10.9. The minimum absolute atomic E-state index is 0.464. The van der Waals surface area contributed by atoms with Gasteiger partial charge >= 0.3 is 0 Å². The number of pyridine rings is 1. The van der Waals surface area contributed by atoms with Crippen LogP contribution in [-0.4, -0.2) is 11.3 Å². The van der Waals surface area contributed by atoms with Gasteiger partial charge in [0.05, 0.1) is 5.02 Å². The number of hydrogen-bond donors (Lipinski definition) is 0. The fourth-order valence-electron chi connectivity index (χ4n) is 1.43. The monoisotopic (exact) mass is 217 g/mol. The lowest BCUT2D eigenvalue weighted by Crippen LogP contribution is -1.89. The number of rotatable bonds is 2. The van der Waals surface area contributed by atoms with Crippen LogP contribution >= 0.6 is 11.6 Å². The average molecular weight is 218 g/mol. The second kappa shape index (κ2) is 4.24. The van der Waals surface area contributed by atoms with Gasteiger partial charge in [-0.15, -0.1) is 0 Å². The van der Waals surface area contributed by atoms with Crippen molar-refractivity contribution in [2.75, 3.05) is 0 Å². The number of halogens is 1. The van der Waals surface area contributed by atoms with Crippen molar-refractivity contribution in [1.29, 1.82) is 0 Å². The van der Waals surface area contributed by atoms with E-state index in [9.17, 15) is 4.79 Å². The van der Waals surface area contributed by atoms with Gasteiger partial charge < -0.3 is 0 Å². The van der Waals surface area contributed by atoms with Crippen molar-refractivity contribution >= 4 is 17.9 Å². The van der Waals surface area contributed by atoms with Gasteiger partial charge in [-0.1, -0.05) is 29.8 Å². The summed E-state index contributed by atoms with van der Waals surface area (Å²) in [6, 6.07) is 9.09. The van der Waals surface area contributed by atoms with Crippen LogP contribution in [-0.2, 0) is 0 Å². The van der Waals surface area contributed by atoms with Crippen molar-refractivity contribution in [2.24, 2.45) is 0 Å². The van der Waals surface area contributed by atoms with Crippen molar-refractivity contribution in [3.8, 4) is 11.1 Å². The van der Waals surface area contributed by atoms with E-state index >= 15 is 0 Å². The molecule has 0 atom stereocenters. The first-order valence-corrected chi connectivity index (χ1v) is 4.85. The van der Waals surface area contributed by atoms with E-state index in [1.165, 1.54) is 0 Å². The Morgan fingerprint density at radius 1 is 1.20 bits per heavy atom. The number of aldehydes is 1. The topological polar surface area (TPSA) is 30.0 Å². The van der Waals surface area contributed by atoms with Gasteiger partial charge in [0.2, 0.25) is 0 Å². The predicted octanol–water partition coefficient (Wildman–Crippen LogP) is 3.21. The van der Waals surface area contributed by atoms with E-state index in [1.54, 1.807) is 18.5 Å². The Morgan fingerprint density at radius 3 is 2.73 bits per heavy atom. The summed E-state index contributed by atoms with van der Waals surface area (Å²) in [5, 5.41) is 0.464. The molecule has 0 saturated carbocycles. The molecule has 2 aromatic rings. The Kier molecular flexibility index (Phi) is 2.79. The highest BCUT2D eigenvalue weighted by atomic mass is 35.5. The van der Waals surface area contributed by atoms with Crippen molar-refractivity contribution in [3.05, 3.63) is 53.3 Å². The van der Waals surface area contributed by atoms with Gasteiger partial charge in [0.1, 0.15) is 0 Å². The molecule has 15 heavy (non-hydrogen) atoms. The molecule has 0 saturated heterocycles. The van der Waals surface area contributed by atoms with Crippen molar-refractivity contribution in [3.63, 3.8) is 0 Å². The van der Waals surface area contributed by atoms with E-state index in [2.05, 4.69) is 4.98 Å². The second-order valence-corrected chi connectivity index (χ2v) is 3.47. The lowest BCUT2D eigenvalue weighted by atomic mass is 10.0. The molecule has 0 unspecified atom stereocenters. The first-order valence-electron chi connectivity index (χ1n) is 4.47. The van der Waals surface area contributed by atoms with Crippen molar-refractivity contribution in [1.82, 2.24) is 4.98 Å². The average Bonchev–Trinajstić information content (AvgIpc) is 2.30. The molecule has 2 nitrogen and oxygen atoms in total. The van der Waals surface area contributed by atoms with Gasteiger partial charge in [-0.2, -0.15) is 0 Å². The Morgan fingerprint density at radius 2 is 2.07 bits per heavy atom. The van der Waals surface area contributed by atoms with Crippen LogP contribution < -0.4 is 0 Å². The lowest BCUT2D eigenvalue weighted by Gasteiger charge is -2.05. The Bertz CT molecular complexity index is 482. The molecule has 2 rings (SSSR count). The zero-order valence-corrected chi connectivity index (χ0v) is 8.61. The number of aromatic nitrogens is 1. The van der Waals surface area contributed by atoms with E-state index in [1.807, 2.05) is 24.3 Å². The number of hydrogen-bond acceptors (Lipinski definition) is 2. The molecule has 0 radical (unpaired) electrons. The minimum Gasteiger partial charge on any atom is -0.298 e. The van der Waals surface area contributed by atoms with Crippen LogP contribution in [0.4, 0.5) is 0 Å². The summed E-state index contributed by atoms with van der Waals surface area (Å²) in [7, 11) is 0. The molecule has 0 fully saturated rings. The Balaban J connectivity index is 2.63. The molecular formula is C12H8ClNO. The molecule has 0 aliphatic rings. The van der Waals surface area contributed by atoms with Crippen LogP contribution in [0.25, 0.3) is 11.1 Å². The molecule has 1 aromatic heterocycles. The van der Waals surface area contributed by atoms with E-state index in [0.29, 0.717) is 10.6 Å². The SMILES string of the molecule is O=Cc1c(Cl)cccc1-c1cccnc1.